The fourth-order valence-electron chi connectivity index (χ4n) is 4.34. The molecule has 3 aromatic rings. The zero-order valence-corrected chi connectivity index (χ0v) is 19.3. The maximum Gasteiger partial charge on any atom is 0.304 e. The number of aliphatic carboxylic acids is 1. The Morgan fingerprint density at radius 1 is 1.30 bits per heavy atom. The molecule has 1 unspecified atom stereocenters. The van der Waals surface area contributed by atoms with Gasteiger partial charge in [-0.05, 0) is 49.4 Å². The van der Waals surface area contributed by atoms with Crippen molar-refractivity contribution >= 4 is 51.8 Å². The number of rotatable bonds is 6. The van der Waals surface area contributed by atoms with Crippen LogP contribution >= 0.6 is 35.0 Å². The van der Waals surface area contributed by atoms with Gasteiger partial charge in [0.15, 0.2) is 0 Å². The SMILES string of the molecule is CC(C)Cc1nccc2c1c(Sc1ccc(Cl)c(Cl)c1)c1n2CCCC1CC(=O)O. The standard InChI is InChI=1S/C23H24Cl2N2O2S/c1-13(2)10-18-21-19(7-8-26-18)27-9-3-4-14(11-20(28)29)22(27)23(21)30-15-5-6-16(24)17(25)12-15/h5-8,12-14H,3-4,9-11H2,1-2H3,(H,28,29). The molecule has 1 N–H and O–H groups in total. The van der Waals surface area contributed by atoms with Crippen LogP contribution in [0.25, 0.3) is 10.9 Å². The number of carboxylic acid groups (broad SMARTS) is 1. The van der Waals surface area contributed by atoms with Crippen molar-refractivity contribution in [2.45, 2.75) is 61.8 Å². The number of carbonyl (C=O) groups is 1. The van der Waals surface area contributed by atoms with Crippen molar-refractivity contribution in [1.29, 1.82) is 0 Å². The summed E-state index contributed by atoms with van der Waals surface area (Å²) in [5, 5.41) is 11.7. The van der Waals surface area contributed by atoms with Crippen LogP contribution in [0.15, 0.2) is 40.3 Å². The molecule has 30 heavy (non-hydrogen) atoms. The van der Waals surface area contributed by atoms with Crippen molar-refractivity contribution in [3.8, 4) is 0 Å². The third kappa shape index (κ3) is 4.20. The van der Waals surface area contributed by atoms with Gasteiger partial charge in [0.2, 0.25) is 0 Å². The van der Waals surface area contributed by atoms with Gasteiger partial charge in [0.25, 0.3) is 0 Å². The molecular weight excluding hydrogens is 439 g/mol. The lowest BCUT2D eigenvalue weighted by atomic mass is 9.92. The van der Waals surface area contributed by atoms with Crippen LogP contribution in [0, 0.1) is 5.92 Å². The predicted octanol–water partition coefficient (Wildman–Crippen LogP) is 7.04. The van der Waals surface area contributed by atoms with Crippen LogP contribution in [0.2, 0.25) is 10.0 Å². The first-order valence-corrected chi connectivity index (χ1v) is 11.8. The van der Waals surface area contributed by atoms with E-state index in [0.717, 1.165) is 57.9 Å². The summed E-state index contributed by atoms with van der Waals surface area (Å²) in [5.74, 6) is -0.303. The number of aryl methyl sites for hydroxylation is 1. The fourth-order valence-corrected chi connectivity index (χ4v) is 5.96. The molecule has 4 nitrogen and oxygen atoms in total. The molecule has 158 valence electrons. The lowest BCUT2D eigenvalue weighted by molar-refractivity contribution is -0.137. The van der Waals surface area contributed by atoms with Crippen LogP contribution in [0.4, 0.5) is 0 Å². The van der Waals surface area contributed by atoms with Crippen LogP contribution < -0.4 is 0 Å². The van der Waals surface area contributed by atoms with E-state index < -0.39 is 5.97 Å². The maximum absolute atomic E-state index is 11.6. The summed E-state index contributed by atoms with van der Waals surface area (Å²) in [7, 11) is 0. The molecular formula is C23H24Cl2N2O2S. The average Bonchev–Trinajstić information content (AvgIpc) is 3.00. The number of benzene rings is 1. The van der Waals surface area contributed by atoms with Crippen molar-refractivity contribution < 1.29 is 9.90 Å². The highest BCUT2D eigenvalue weighted by atomic mass is 35.5. The van der Waals surface area contributed by atoms with Crippen LogP contribution in [-0.4, -0.2) is 20.6 Å². The molecule has 0 amide bonds. The number of hydrogen-bond donors (Lipinski definition) is 1. The first-order chi connectivity index (χ1) is 14.3. The molecule has 1 aliphatic rings. The Morgan fingerprint density at radius 2 is 2.10 bits per heavy atom. The summed E-state index contributed by atoms with van der Waals surface area (Å²) in [5.41, 5.74) is 3.34. The monoisotopic (exact) mass is 462 g/mol. The zero-order valence-electron chi connectivity index (χ0n) is 17.0. The summed E-state index contributed by atoms with van der Waals surface area (Å²) in [4.78, 5) is 18.4. The summed E-state index contributed by atoms with van der Waals surface area (Å²) in [6.45, 7) is 5.28. The number of aromatic nitrogens is 2. The molecule has 0 saturated carbocycles. The Labute approximate surface area is 190 Å². The van der Waals surface area contributed by atoms with E-state index in [1.807, 2.05) is 18.3 Å². The van der Waals surface area contributed by atoms with Crippen molar-refractivity contribution in [3.05, 3.63) is 51.9 Å². The van der Waals surface area contributed by atoms with E-state index >= 15 is 0 Å². The molecule has 0 aliphatic carbocycles. The molecule has 3 heterocycles. The minimum absolute atomic E-state index is 0.0131. The van der Waals surface area contributed by atoms with E-state index in [1.54, 1.807) is 17.8 Å². The quantitative estimate of drug-likeness (QED) is 0.426. The topological polar surface area (TPSA) is 55.1 Å². The molecule has 4 rings (SSSR count). The zero-order chi connectivity index (χ0) is 21.4. The second-order valence-electron chi connectivity index (χ2n) is 8.23. The first kappa shape index (κ1) is 21.5. The van der Waals surface area contributed by atoms with Crippen LogP contribution in [-0.2, 0) is 17.8 Å². The summed E-state index contributed by atoms with van der Waals surface area (Å²) in [6.07, 6.45) is 4.75. The van der Waals surface area contributed by atoms with Gasteiger partial charge in [-0.2, -0.15) is 0 Å². The van der Waals surface area contributed by atoms with E-state index in [2.05, 4.69) is 24.5 Å². The predicted molar refractivity (Wildman–Crippen MR) is 123 cm³/mol. The van der Waals surface area contributed by atoms with Gasteiger partial charge < -0.3 is 9.67 Å². The van der Waals surface area contributed by atoms with Crippen LogP contribution in [0.1, 0.15) is 50.4 Å². The average molecular weight is 463 g/mol. The molecule has 0 radical (unpaired) electrons. The number of fused-ring (bicyclic) bond motifs is 3. The number of pyridine rings is 1. The second-order valence-corrected chi connectivity index (χ2v) is 10.1. The van der Waals surface area contributed by atoms with E-state index in [9.17, 15) is 9.90 Å². The van der Waals surface area contributed by atoms with Crippen molar-refractivity contribution in [3.63, 3.8) is 0 Å². The Bertz CT molecular complexity index is 1110. The van der Waals surface area contributed by atoms with Gasteiger partial charge in [-0.1, -0.05) is 48.8 Å². The van der Waals surface area contributed by atoms with Crippen molar-refractivity contribution in [2.24, 2.45) is 5.92 Å². The summed E-state index contributed by atoms with van der Waals surface area (Å²) in [6, 6.07) is 7.70. The number of hydrogen-bond acceptors (Lipinski definition) is 3. The third-order valence-electron chi connectivity index (χ3n) is 5.50. The third-order valence-corrected chi connectivity index (χ3v) is 7.35. The fraction of sp³-hybridized carbons (Fsp3) is 0.391. The van der Waals surface area contributed by atoms with E-state index in [-0.39, 0.29) is 12.3 Å². The number of nitrogens with zero attached hydrogens (tertiary/aromatic N) is 2. The molecule has 1 aromatic carbocycles. The van der Waals surface area contributed by atoms with Gasteiger partial charge in [0, 0.05) is 39.5 Å². The van der Waals surface area contributed by atoms with E-state index in [4.69, 9.17) is 28.2 Å². The molecule has 2 aromatic heterocycles. The summed E-state index contributed by atoms with van der Waals surface area (Å²) < 4.78 is 2.32. The Balaban J connectivity index is 1.94. The molecule has 0 bridgehead atoms. The first-order valence-electron chi connectivity index (χ1n) is 10.2. The number of halogens is 2. The van der Waals surface area contributed by atoms with E-state index in [0.29, 0.717) is 16.0 Å². The molecule has 1 aliphatic heterocycles. The highest BCUT2D eigenvalue weighted by Gasteiger charge is 2.31. The lowest BCUT2D eigenvalue weighted by Gasteiger charge is -2.25. The molecule has 0 saturated heterocycles. The van der Waals surface area contributed by atoms with Gasteiger partial charge in [0.05, 0.1) is 27.7 Å². The van der Waals surface area contributed by atoms with Gasteiger partial charge in [-0.25, -0.2) is 0 Å². The Hall–Kier alpha value is -1.69. The van der Waals surface area contributed by atoms with Gasteiger partial charge in [-0.15, -0.1) is 0 Å². The molecule has 0 spiro atoms. The normalized spacial score (nSPS) is 16.2. The molecule has 7 heteroatoms. The largest absolute Gasteiger partial charge is 0.481 e. The number of carboxylic acids is 1. The van der Waals surface area contributed by atoms with Crippen molar-refractivity contribution in [1.82, 2.24) is 9.55 Å². The van der Waals surface area contributed by atoms with Crippen molar-refractivity contribution in [2.75, 3.05) is 0 Å². The lowest BCUT2D eigenvalue weighted by Crippen LogP contribution is -2.18. The smallest absolute Gasteiger partial charge is 0.304 e. The Kier molecular flexibility index (Phi) is 6.33. The maximum atomic E-state index is 11.6. The minimum Gasteiger partial charge on any atom is -0.481 e. The van der Waals surface area contributed by atoms with Crippen LogP contribution in [0.5, 0.6) is 0 Å². The van der Waals surface area contributed by atoms with Crippen LogP contribution in [0.3, 0.4) is 0 Å². The highest BCUT2D eigenvalue weighted by Crippen LogP contribution is 2.47. The van der Waals surface area contributed by atoms with E-state index in [1.165, 1.54) is 0 Å². The second kappa shape index (κ2) is 8.81. The van der Waals surface area contributed by atoms with Gasteiger partial charge in [0.1, 0.15) is 0 Å². The summed E-state index contributed by atoms with van der Waals surface area (Å²) >= 11 is 14.0. The Morgan fingerprint density at radius 3 is 2.80 bits per heavy atom. The van der Waals surface area contributed by atoms with Gasteiger partial charge in [-0.3, -0.25) is 9.78 Å². The molecule has 1 atom stereocenters. The molecule has 0 fully saturated rings. The highest BCUT2D eigenvalue weighted by molar-refractivity contribution is 7.99. The van der Waals surface area contributed by atoms with Gasteiger partial charge >= 0.3 is 5.97 Å². The minimum atomic E-state index is -0.760.